The number of nitrogens with zero attached hydrogens (tertiary/aromatic N) is 2. The molecule has 2 aromatic heterocycles. The van der Waals surface area contributed by atoms with Gasteiger partial charge in [-0.05, 0) is 30.9 Å². The van der Waals surface area contributed by atoms with Gasteiger partial charge >= 0.3 is 0 Å². The van der Waals surface area contributed by atoms with Crippen LogP contribution in [0, 0.1) is 6.92 Å². The zero-order valence-electron chi connectivity index (χ0n) is 10.0. The van der Waals surface area contributed by atoms with Crippen molar-refractivity contribution in [1.82, 2.24) is 9.97 Å². The number of hydrogen-bond donors (Lipinski definition) is 2. The van der Waals surface area contributed by atoms with E-state index in [-0.39, 0.29) is 0 Å². The van der Waals surface area contributed by atoms with Gasteiger partial charge in [-0.3, -0.25) is 4.98 Å². The maximum Gasteiger partial charge on any atom is 0.147 e. The van der Waals surface area contributed by atoms with Crippen LogP contribution in [0.2, 0.25) is 0 Å². The fourth-order valence-electron chi connectivity index (χ4n) is 1.47. The minimum atomic E-state index is 0.799. The third-order valence-electron chi connectivity index (χ3n) is 2.39. The van der Waals surface area contributed by atoms with Gasteiger partial charge in [0.25, 0.3) is 0 Å². The average molecular weight is 248 g/mol. The summed E-state index contributed by atoms with van der Waals surface area (Å²) >= 11 is 1.76. The first-order valence-electron chi connectivity index (χ1n) is 5.62. The first kappa shape index (κ1) is 11.9. The molecular formula is C12H16N4S. The van der Waals surface area contributed by atoms with E-state index in [1.54, 1.807) is 23.7 Å². The van der Waals surface area contributed by atoms with Gasteiger partial charge in [0, 0.05) is 11.4 Å². The SMILES string of the molecule is CCNc1cncc(NCc2sccc2C)n1. The van der Waals surface area contributed by atoms with Gasteiger partial charge in [-0.1, -0.05) is 0 Å². The molecule has 0 amide bonds. The lowest BCUT2D eigenvalue weighted by Gasteiger charge is -2.07. The van der Waals surface area contributed by atoms with Gasteiger partial charge in [-0.25, -0.2) is 4.98 Å². The van der Waals surface area contributed by atoms with Crippen molar-refractivity contribution >= 4 is 23.0 Å². The number of nitrogens with one attached hydrogen (secondary N) is 2. The summed E-state index contributed by atoms with van der Waals surface area (Å²) in [5, 5.41) is 8.53. The molecule has 0 bridgehead atoms. The predicted octanol–water partition coefficient (Wildman–Crippen LogP) is 2.89. The summed E-state index contributed by atoms with van der Waals surface area (Å²) in [5.41, 5.74) is 1.32. The molecular weight excluding hydrogens is 232 g/mol. The minimum absolute atomic E-state index is 0.799. The van der Waals surface area contributed by atoms with E-state index in [2.05, 4.69) is 39.0 Å². The van der Waals surface area contributed by atoms with Crippen molar-refractivity contribution in [3.05, 3.63) is 34.3 Å². The number of anilines is 2. The number of aryl methyl sites for hydroxylation is 1. The molecule has 0 spiro atoms. The Morgan fingerprint density at radius 2 is 2.00 bits per heavy atom. The van der Waals surface area contributed by atoms with Crippen LogP contribution < -0.4 is 10.6 Å². The zero-order valence-corrected chi connectivity index (χ0v) is 10.8. The summed E-state index contributed by atoms with van der Waals surface area (Å²) in [7, 11) is 0. The van der Waals surface area contributed by atoms with Crippen LogP contribution in [0.4, 0.5) is 11.6 Å². The highest BCUT2D eigenvalue weighted by Gasteiger charge is 2.01. The number of thiophene rings is 1. The number of aromatic nitrogens is 2. The van der Waals surface area contributed by atoms with E-state index >= 15 is 0 Å². The Labute approximate surface area is 105 Å². The maximum absolute atomic E-state index is 4.41. The van der Waals surface area contributed by atoms with Crippen LogP contribution in [0.25, 0.3) is 0 Å². The third kappa shape index (κ3) is 3.17. The molecule has 5 heteroatoms. The molecule has 0 saturated carbocycles. The van der Waals surface area contributed by atoms with Gasteiger partial charge in [0.05, 0.1) is 18.9 Å². The van der Waals surface area contributed by atoms with E-state index in [1.807, 2.05) is 6.92 Å². The van der Waals surface area contributed by atoms with E-state index in [1.165, 1.54) is 10.4 Å². The van der Waals surface area contributed by atoms with Crippen molar-refractivity contribution < 1.29 is 0 Å². The van der Waals surface area contributed by atoms with Crippen LogP contribution >= 0.6 is 11.3 Å². The second kappa shape index (κ2) is 5.63. The summed E-state index contributed by atoms with van der Waals surface area (Å²) < 4.78 is 0. The van der Waals surface area contributed by atoms with Crippen LogP contribution in [0.5, 0.6) is 0 Å². The number of hydrogen-bond acceptors (Lipinski definition) is 5. The van der Waals surface area contributed by atoms with Crippen LogP contribution in [0.1, 0.15) is 17.4 Å². The molecule has 2 N–H and O–H groups in total. The lowest BCUT2D eigenvalue weighted by Crippen LogP contribution is -2.05. The molecule has 0 aliphatic rings. The quantitative estimate of drug-likeness (QED) is 0.854. The van der Waals surface area contributed by atoms with Crippen LogP contribution in [0.15, 0.2) is 23.8 Å². The monoisotopic (exact) mass is 248 g/mol. The van der Waals surface area contributed by atoms with Crippen molar-refractivity contribution in [1.29, 1.82) is 0 Å². The Balaban J connectivity index is 1.99. The maximum atomic E-state index is 4.41. The second-order valence-corrected chi connectivity index (χ2v) is 4.70. The van der Waals surface area contributed by atoms with Gasteiger partial charge in [0.1, 0.15) is 11.6 Å². The predicted molar refractivity (Wildman–Crippen MR) is 72.6 cm³/mol. The van der Waals surface area contributed by atoms with Gasteiger partial charge in [-0.2, -0.15) is 0 Å². The molecule has 4 nitrogen and oxygen atoms in total. The van der Waals surface area contributed by atoms with Crippen molar-refractivity contribution in [3.8, 4) is 0 Å². The zero-order chi connectivity index (χ0) is 12.1. The summed E-state index contributed by atoms with van der Waals surface area (Å²) in [6, 6.07) is 2.13. The molecule has 17 heavy (non-hydrogen) atoms. The Morgan fingerprint density at radius 3 is 2.65 bits per heavy atom. The normalized spacial score (nSPS) is 10.2. The average Bonchev–Trinajstić information content (AvgIpc) is 2.73. The lowest BCUT2D eigenvalue weighted by atomic mass is 10.3. The van der Waals surface area contributed by atoms with Crippen molar-refractivity contribution in [2.75, 3.05) is 17.2 Å². The summed E-state index contributed by atoms with van der Waals surface area (Å²) in [4.78, 5) is 9.89. The molecule has 2 rings (SSSR count). The van der Waals surface area contributed by atoms with E-state index < -0.39 is 0 Å². The Morgan fingerprint density at radius 1 is 1.24 bits per heavy atom. The van der Waals surface area contributed by atoms with Crippen LogP contribution in [0.3, 0.4) is 0 Å². The summed E-state index contributed by atoms with van der Waals surface area (Å²) in [6.07, 6.45) is 3.47. The van der Waals surface area contributed by atoms with Crippen LogP contribution in [-0.2, 0) is 6.54 Å². The van der Waals surface area contributed by atoms with E-state index in [0.717, 1.165) is 24.7 Å². The smallest absolute Gasteiger partial charge is 0.147 e. The molecule has 0 atom stereocenters. The summed E-state index contributed by atoms with van der Waals surface area (Å²) in [6.45, 7) is 5.81. The van der Waals surface area contributed by atoms with Gasteiger partial charge in [0.15, 0.2) is 0 Å². The van der Waals surface area contributed by atoms with Crippen molar-refractivity contribution in [2.45, 2.75) is 20.4 Å². The molecule has 2 heterocycles. The fraction of sp³-hybridized carbons (Fsp3) is 0.333. The van der Waals surface area contributed by atoms with E-state index in [9.17, 15) is 0 Å². The van der Waals surface area contributed by atoms with Crippen LogP contribution in [-0.4, -0.2) is 16.5 Å². The highest BCUT2D eigenvalue weighted by atomic mass is 32.1. The highest BCUT2D eigenvalue weighted by Crippen LogP contribution is 2.17. The molecule has 0 radical (unpaired) electrons. The molecule has 0 fully saturated rings. The molecule has 2 aromatic rings. The van der Waals surface area contributed by atoms with E-state index in [0.29, 0.717) is 0 Å². The first-order chi connectivity index (χ1) is 8.29. The Hall–Kier alpha value is -1.62. The highest BCUT2D eigenvalue weighted by molar-refractivity contribution is 7.10. The largest absolute Gasteiger partial charge is 0.369 e. The van der Waals surface area contributed by atoms with E-state index in [4.69, 9.17) is 0 Å². The van der Waals surface area contributed by atoms with Gasteiger partial charge < -0.3 is 10.6 Å². The molecule has 0 aliphatic heterocycles. The Kier molecular flexibility index (Phi) is 3.93. The third-order valence-corrected chi connectivity index (χ3v) is 3.41. The summed E-state index contributed by atoms with van der Waals surface area (Å²) in [5.74, 6) is 1.61. The topological polar surface area (TPSA) is 49.8 Å². The number of rotatable bonds is 5. The van der Waals surface area contributed by atoms with Gasteiger partial charge in [0.2, 0.25) is 0 Å². The van der Waals surface area contributed by atoms with Gasteiger partial charge in [-0.15, -0.1) is 11.3 Å². The first-order valence-corrected chi connectivity index (χ1v) is 6.50. The molecule has 0 unspecified atom stereocenters. The van der Waals surface area contributed by atoms with Crippen molar-refractivity contribution in [2.24, 2.45) is 0 Å². The Bertz CT molecular complexity index is 481. The molecule has 0 saturated heterocycles. The second-order valence-electron chi connectivity index (χ2n) is 3.70. The standard InChI is InChI=1S/C12H16N4S/c1-3-14-11-7-13-8-12(16-11)15-6-10-9(2)4-5-17-10/h4-5,7-8H,3,6H2,1-2H3,(H2,14,15,16). The fourth-order valence-corrected chi connectivity index (χ4v) is 2.32. The minimum Gasteiger partial charge on any atom is -0.369 e. The lowest BCUT2D eigenvalue weighted by molar-refractivity contribution is 1.08. The molecule has 90 valence electrons. The molecule has 0 aliphatic carbocycles. The molecule has 0 aromatic carbocycles. The van der Waals surface area contributed by atoms with Crippen molar-refractivity contribution in [3.63, 3.8) is 0 Å².